The van der Waals surface area contributed by atoms with Gasteiger partial charge in [0.15, 0.2) is 5.82 Å². The summed E-state index contributed by atoms with van der Waals surface area (Å²) in [5.74, 6) is 0.531. The van der Waals surface area contributed by atoms with Crippen LogP contribution >= 0.6 is 0 Å². The molecule has 0 fully saturated rings. The van der Waals surface area contributed by atoms with Crippen LogP contribution in [0.1, 0.15) is 36.6 Å². The summed E-state index contributed by atoms with van der Waals surface area (Å²) >= 11 is 0. The smallest absolute Gasteiger partial charge is 0.328 e. The molecule has 0 spiro atoms. The maximum atomic E-state index is 12.5. The molecule has 0 aromatic carbocycles. The van der Waals surface area contributed by atoms with Crippen LogP contribution < -0.4 is 5.69 Å². The van der Waals surface area contributed by atoms with Crippen LogP contribution in [0.5, 0.6) is 0 Å². The minimum atomic E-state index is -0.115. The minimum Gasteiger partial charge on any atom is -0.328 e. The van der Waals surface area contributed by atoms with Crippen molar-refractivity contribution in [2.24, 2.45) is 0 Å². The number of fused-ring (bicyclic) bond motifs is 1. The SMILES string of the molecule is CCCn1nc2n(c1=O)CCN(C(=O)c1ccn(CC)n1)C2. The Hall–Kier alpha value is -2.38. The lowest BCUT2D eigenvalue weighted by molar-refractivity contribution is 0.0699. The van der Waals surface area contributed by atoms with Crippen molar-refractivity contribution >= 4 is 5.91 Å². The van der Waals surface area contributed by atoms with Gasteiger partial charge in [0.1, 0.15) is 5.69 Å². The van der Waals surface area contributed by atoms with Gasteiger partial charge < -0.3 is 4.90 Å². The Labute approximate surface area is 127 Å². The van der Waals surface area contributed by atoms with E-state index in [0.717, 1.165) is 13.0 Å². The van der Waals surface area contributed by atoms with E-state index in [1.54, 1.807) is 26.4 Å². The molecule has 0 N–H and O–H groups in total. The molecular formula is C14H20N6O2. The highest BCUT2D eigenvalue weighted by Crippen LogP contribution is 2.11. The molecule has 8 nitrogen and oxygen atoms in total. The van der Waals surface area contributed by atoms with Gasteiger partial charge in [-0.2, -0.15) is 10.2 Å². The molecule has 118 valence electrons. The molecule has 0 aliphatic carbocycles. The zero-order chi connectivity index (χ0) is 15.7. The van der Waals surface area contributed by atoms with E-state index in [1.807, 2.05) is 13.8 Å². The Kier molecular flexibility index (Phi) is 3.82. The molecule has 0 saturated carbocycles. The first-order chi connectivity index (χ1) is 10.6. The third kappa shape index (κ3) is 2.44. The van der Waals surface area contributed by atoms with Gasteiger partial charge in [0.25, 0.3) is 5.91 Å². The Morgan fingerprint density at radius 3 is 2.77 bits per heavy atom. The van der Waals surface area contributed by atoms with Gasteiger partial charge in [-0.15, -0.1) is 0 Å². The van der Waals surface area contributed by atoms with Crippen LogP contribution in [-0.4, -0.2) is 41.5 Å². The van der Waals surface area contributed by atoms with Crippen molar-refractivity contribution in [3.63, 3.8) is 0 Å². The molecular weight excluding hydrogens is 284 g/mol. The second-order valence-electron chi connectivity index (χ2n) is 5.36. The lowest BCUT2D eigenvalue weighted by Gasteiger charge is -2.25. The van der Waals surface area contributed by atoms with Crippen LogP contribution in [0.25, 0.3) is 0 Å². The second kappa shape index (κ2) is 5.78. The number of carbonyl (C=O) groups is 1. The van der Waals surface area contributed by atoms with Gasteiger partial charge >= 0.3 is 5.69 Å². The van der Waals surface area contributed by atoms with Crippen molar-refractivity contribution < 1.29 is 4.79 Å². The largest absolute Gasteiger partial charge is 0.346 e. The van der Waals surface area contributed by atoms with Crippen molar-refractivity contribution in [3.05, 3.63) is 34.3 Å². The number of nitrogens with zero attached hydrogens (tertiary/aromatic N) is 6. The number of aryl methyl sites for hydroxylation is 2. The van der Waals surface area contributed by atoms with E-state index in [4.69, 9.17) is 0 Å². The summed E-state index contributed by atoms with van der Waals surface area (Å²) < 4.78 is 4.86. The maximum absolute atomic E-state index is 12.5. The third-order valence-corrected chi connectivity index (χ3v) is 3.83. The first-order valence-electron chi connectivity index (χ1n) is 7.63. The van der Waals surface area contributed by atoms with Crippen LogP contribution in [0.2, 0.25) is 0 Å². The van der Waals surface area contributed by atoms with E-state index < -0.39 is 0 Å². The predicted molar refractivity (Wildman–Crippen MR) is 79.4 cm³/mol. The lowest BCUT2D eigenvalue weighted by Crippen LogP contribution is -2.41. The fourth-order valence-corrected chi connectivity index (χ4v) is 2.64. The molecule has 0 bridgehead atoms. The second-order valence-corrected chi connectivity index (χ2v) is 5.36. The van der Waals surface area contributed by atoms with Crippen molar-refractivity contribution in [3.8, 4) is 0 Å². The van der Waals surface area contributed by atoms with Gasteiger partial charge in [0.05, 0.1) is 6.54 Å². The lowest BCUT2D eigenvalue weighted by atomic mass is 10.3. The van der Waals surface area contributed by atoms with Crippen molar-refractivity contribution in [2.45, 2.75) is 46.4 Å². The Morgan fingerprint density at radius 2 is 2.09 bits per heavy atom. The van der Waals surface area contributed by atoms with Crippen LogP contribution in [0.3, 0.4) is 0 Å². The van der Waals surface area contributed by atoms with E-state index >= 15 is 0 Å². The van der Waals surface area contributed by atoms with Crippen LogP contribution in [-0.2, 0) is 26.2 Å². The van der Waals surface area contributed by atoms with Gasteiger partial charge in [-0.25, -0.2) is 9.48 Å². The number of carbonyl (C=O) groups excluding carboxylic acids is 1. The summed E-state index contributed by atoms with van der Waals surface area (Å²) in [6.45, 7) is 6.65. The highest BCUT2D eigenvalue weighted by atomic mass is 16.2. The number of amides is 1. The standard InChI is InChI=1S/C14H20N6O2/c1-3-6-20-14(22)19-9-8-17(10-12(19)16-20)13(21)11-5-7-18(4-2)15-11/h5,7H,3-4,6,8-10H2,1-2H3. The molecule has 1 amide bonds. The van der Waals surface area contributed by atoms with Crippen molar-refractivity contribution in [1.82, 2.24) is 29.0 Å². The van der Waals surface area contributed by atoms with Crippen molar-refractivity contribution in [1.29, 1.82) is 0 Å². The summed E-state index contributed by atoms with van der Waals surface area (Å²) in [6, 6.07) is 1.73. The molecule has 1 aliphatic rings. The van der Waals surface area contributed by atoms with Gasteiger partial charge in [0.2, 0.25) is 0 Å². The van der Waals surface area contributed by atoms with Crippen LogP contribution in [0, 0.1) is 0 Å². The monoisotopic (exact) mass is 304 g/mol. The normalized spacial score (nSPS) is 14.2. The van der Waals surface area contributed by atoms with Crippen molar-refractivity contribution in [2.75, 3.05) is 6.54 Å². The van der Waals surface area contributed by atoms with Crippen LogP contribution in [0.15, 0.2) is 17.1 Å². The molecule has 2 aromatic rings. The maximum Gasteiger partial charge on any atom is 0.346 e. The Bertz CT molecular complexity index is 741. The van der Waals surface area contributed by atoms with E-state index in [1.165, 1.54) is 4.68 Å². The Morgan fingerprint density at radius 1 is 1.27 bits per heavy atom. The quantitative estimate of drug-likeness (QED) is 0.815. The Balaban J connectivity index is 1.80. The number of hydrogen-bond donors (Lipinski definition) is 0. The summed E-state index contributed by atoms with van der Waals surface area (Å²) in [7, 11) is 0. The molecule has 8 heteroatoms. The number of aromatic nitrogens is 5. The summed E-state index contributed by atoms with van der Waals surface area (Å²) in [5, 5.41) is 8.58. The van der Waals surface area contributed by atoms with Crippen LogP contribution in [0.4, 0.5) is 0 Å². The minimum absolute atomic E-state index is 0.0841. The fraction of sp³-hybridized carbons (Fsp3) is 0.571. The summed E-state index contributed by atoms with van der Waals surface area (Å²) in [4.78, 5) is 26.3. The van der Waals surface area contributed by atoms with Gasteiger partial charge in [-0.1, -0.05) is 6.92 Å². The molecule has 1 aliphatic heterocycles. The molecule has 0 saturated heterocycles. The topological polar surface area (TPSA) is 78.0 Å². The molecule has 0 radical (unpaired) electrons. The van der Waals surface area contributed by atoms with E-state index in [9.17, 15) is 9.59 Å². The summed E-state index contributed by atoms with van der Waals surface area (Å²) in [6.07, 6.45) is 2.65. The highest BCUT2D eigenvalue weighted by Gasteiger charge is 2.26. The highest BCUT2D eigenvalue weighted by molar-refractivity contribution is 5.92. The average Bonchev–Trinajstić information content (AvgIpc) is 3.12. The van der Waals surface area contributed by atoms with E-state index in [2.05, 4.69) is 10.2 Å². The van der Waals surface area contributed by atoms with E-state index in [-0.39, 0.29) is 11.6 Å². The van der Waals surface area contributed by atoms with Gasteiger partial charge in [0, 0.05) is 32.4 Å². The number of rotatable bonds is 4. The molecule has 0 atom stereocenters. The first kappa shape index (κ1) is 14.6. The molecule has 0 unspecified atom stereocenters. The number of hydrogen-bond acceptors (Lipinski definition) is 4. The van der Waals surface area contributed by atoms with Gasteiger partial charge in [-0.3, -0.25) is 14.0 Å². The summed E-state index contributed by atoms with van der Waals surface area (Å²) in [5.41, 5.74) is 0.352. The zero-order valence-corrected chi connectivity index (χ0v) is 12.9. The first-order valence-corrected chi connectivity index (χ1v) is 7.63. The molecule has 22 heavy (non-hydrogen) atoms. The van der Waals surface area contributed by atoms with Gasteiger partial charge in [-0.05, 0) is 19.4 Å². The molecule has 3 heterocycles. The predicted octanol–water partition coefficient (Wildman–Crippen LogP) is 0.327. The average molecular weight is 304 g/mol. The van der Waals surface area contributed by atoms with E-state index in [0.29, 0.717) is 37.7 Å². The third-order valence-electron chi connectivity index (χ3n) is 3.83. The zero-order valence-electron chi connectivity index (χ0n) is 12.9. The molecule has 2 aromatic heterocycles. The fourth-order valence-electron chi connectivity index (χ4n) is 2.64. The molecule has 3 rings (SSSR count).